The second-order valence-corrected chi connectivity index (χ2v) is 7.89. The van der Waals surface area contributed by atoms with Gasteiger partial charge in [0.15, 0.2) is 9.84 Å². The first-order valence-electron chi connectivity index (χ1n) is 7.34. The van der Waals surface area contributed by atoms with Crippen molar-refractivity contribution in [2.45, 2.75) is 43.2 Å². The molecule has 21 heavy (non-hydrogen) atoms. The van der Waals surface area contributed by atoms with Gasteiger partial charge in [0.2, 0.25) is 0 Å². The van der Waals surface area contributed by atoms with Crippen molar-refractivity contribution in [3.05, 3.63) is 24.0 Å². The summed E-state index contributed by atoms with van der Waals surface area (Å²) in [6, 6.07) is 5.73. The molecule has 6 heteroatoms. The molecule has 0 aliphatic heterocycles. The van der Waals surface area contributed by atoms with Gasteiger partial charge < -0.3 is 9.88 Å². The molecule has 1 saturated carbocycles. The largest absolute Gasteiger partial charge is 0.330 e. The molecule has 1 aromatic carbocycles. The molecule has 1 heterocycles. The highest BCUT2D eigenvalue weighted by Crippen LogP contribution is 2.21. The number of hydrogen-bond acceptors (Lipinski definition) is 4. The summed E-state index contributed by atoms with van der Waals surface area (Å²) in [4.78, 5) is 4.91. The topological polar surface area (TPSA) is 64.0 Å². The summed E-state index contributed by atoms with van der Waals surface area (Å²) >= 11 is 0. The molecule has 0 saturated heterocycles. The van der Waals surface area contributed by atoms with Crippen molar-refractivity contribution < 1.29 is 8.42 Å². The number of imidazole rings is 1. The first-order chi connectivity index (χ1) is 9.95. The molecule has 5 nitrogen and oxygen atoms in total. The van der Waals surface area contributed by atoms with Gasteiger partial charge in [-0.2, -0.15) is 0 Å². The van der Waals surface area contributed by atoms with E-state index in [0.717, 1.165) is 23.4 Å². The molecule has 0 unspecified atom stereocenters. The van der Waals surface area contributed by atoms with Crippen molar-refractivity contribution in [1.82, 2.24) is 14.9 Å². The van der Waals surface area contributed by atoms with E-state index < -0.39 is 9.84 Å². The SMILES string of the molecule is Cn1c(CNC2CCCC2)nc2cc(S(C)(=O)=O)ccc21. The minimum Gasteiger partial charge on any atom is -0.330 e. The zero-order chi connectivity index (χ0) is 15.0. The molecule has 3 rings (SSSR count). The Kier molecular flexibility index (Phi) is 3.75. The number of sulfone groups is 1. The van der Waals surface area contributed by atoms with Crippen molar-refractivity contribution in [1.29, 1.82) is 0 Å². The van der Waals surface area contributed by atoms with Crippen LogP contribution in [0.4, 0.5) is 0 Å². The van der Waals surface area contributed by atoms with Crippen molar-refractivity contribution in [2.75, 3.05) is 6.26 Å². The second kappa shape index (κ2) is 5.42. The quantitative estimate of drug-likeness (QED) is 0.938. The van der Waals surface area contributed by atoms with Gasteiger partial charge in [-0.05, 0) is 31.0 Å². The third kappa shape index (κ3) is 2.96. The van der Waals surface area contributed by atoms with Gasteiger partial charge in [0, 0.05) is 19.3 Å². The minimum atomic E-state index is -3.19. The highest BCUT2D eigenvalue weighted by atomic mass is 32.2. The zero-order valence-corrected chi connectivity index (χ0v) is 13.3. The Morgan fingerprint density at radius 2 is 2.05 bits per heavy atom. The average Bonchev–Trinajstić information content (AvgIpc) is 3.04. The Morgan fingerprint density at radius 3 is 2.71 bits per heavy atom. The van der Waals surface area contributed by atoms with Gasteiger partial charge in [-0.15, -0.1) is 0 Å². The van der Waals surface area contributed by atoms with Gasteiger partial charge in [-0.1, -0.05) is 12.8 Å². The van der Waals surface area contributed by atoms with Crippen LogP contribution in [0.2, 0.25) is 0 Å². The molecule has 1 fully saturated rings. The second-order valence-electron chi connectivity index (χ2n) is 5.87. The summed E-state index contributed by atoms with van der Waals surface area (Å²) in [6.07, 6.45) is 6.31. The van der Waals surface area contributed by atoms with Gasteiger partial charge in [0.05, 0.1) is 22.5 Å². The maximum atomic E-state index is 11.6. The first-order valence-corrected chi connectivity index (χ1v) is 9.23. The van der Waals surface area contributed by atoms with Crippen LogP contribution in [-0.4, -0.2) is 30.3 Å². The van der Waals surface area contributed by atoms with Crippen LogP contribution in [0, 0.1) is 0 Å². The number of aryl methyl sites for hydroxylation is 1. The van der Waals surface area contributed by atoms with Crippen LogP contribution in [0.25, 0.3) is 11.0 Å². The van der Waals surface area contributed by atoms with E-state index in [1.807, 2.05) is 17.7 Å². The Hall–Kier alpha value is -1.40. The van der Waals surface area contributed by atoms with Crippen LogP contribution < -0.4 is 5.32 Å². The predicted molar refractivity (Wildman–Crippen MR) is 82.9 cm³/mol. The summed E-state index contributed by atoms with van der Waals surface area (Å²) in [5.74, 6) is 0.947. The third-order valence-electron chi connectivity index (χ3n) is 4.28. The van der Waals surface area contributed by atoms with Gasteiger partial charge in [-0.3, -0.25) is 0 Å². The molecule has 2 aromatic rings. The zero-order valence-electron chi connectivity index (χ0n) is 12.5. The first kappa shape index (κ1) is 14.5. The maximum Gasteiger partial charge on any atom is 0.175 e. The van der Waals surface area contributed by atoms with Gasteiger partial charge in [-0.25, -0.2) is 13.4 Å². The lowest BCUT2D eigenvalue weighted by atomic mass is 10.2. The van der Waals surface area contributed by atoms with Crippen LogP contribution in [0.3, 0.4) is 0 Å². The molecule has 114 valence electrons. The highest BCUT2D eigenvalue weighted by molar-refractivity contribution is 7.90. The predicted octanol–water partition coefficient (Wildman–Crippen LogP) is 2.01. The number of benzene rings is 1. The Labute approximate surface area is 125 Å². The normalized spacial score (nSPS) is 16.9. The van der Waals surface area contributed by atoms with E-state index in [1.54, 1.807) is 12.1 Å². The van der Waals surface area contributed by atoms with Crippen LogP contribution in [0.1, 0.15) is 31.5 Å². The number of nitrogens with one attached hydrogen (secondary N) is 1. The highest BCUT2D eigenvalue weighted by Gasteiger charge is 2.16. The fourth-order valence-corrected chi connectivity index (χ4v) is 3.62. The van der Waals surface area contributed by atoms with Crippen LogP contribution in [0.5, 0.6) is 0 Å². The van der Waals surface area contributed by atoms with Gasteiger partial charge in [0.1, 0.15) is 5.82 Å². The number of fused-ring (bicyclic) bond motifs is 1. The Balaban J connectivity index is 1.87. The van der Waals surface area contributed by atoms with E-state index in [2.05, 4.69) is 10.3 Å². The molecule has 0 bridgehead atoms. The number of rotatable bonds is 4. The van der Waals surface area contributed by atoms with E-state index in [-0.39, 0.29) is 0 Å². The minimum absolute atomic E-state index is 0.323. The molecule has 0 spiro atoms. The van der Waals surface area contributed by atoms with E-state index in [9.17, 15) is 8.42 Å². The third-order valence-corrected chi connectivity index (χ3v) is 5.39. The lowest BCUT2D eigenvalue weighted by Gasteiger charge is -2.11. The standard InChI is InChI=1S/C15H21N3O2S/c1-18-14-8-7-12(21(2,19)20)9-13(14)17-15(18)10-16-11-5-3-4-6-11/h7-9,11,16H,3-6,10H2,1-2H3. The van der Waals surface area contributed by atoms with E-state index in [1.165, 1.54) is 31.9 Å². The van der Waals surface area contributed by atoms with Gasteiger partial charge in [0.25, 0.3) is 0 Å². The number of nitrogens with zero attached hydrogens (tertiary/aromatic N) is 2. The molecule has 0 atom stereocenters. The molecule has 1 N–H and O–H groups in total. The monoisotopic (exact) mass is 307 g/mol. The molecular formula is C15H21N3O2S. The van der Waals surface area contributed by atoms with Crippen molar-refractivity contribution in [3.8, 4) is 0 Å². The Bertz CT molecular complexity index is 759. The number of aromatic nitrogens is 2. The van der Waals surface area contributed by atoms with Crippen molar-refractivity contribution in [2.24, 2.45) is 7.05 Å². The Morgan fingerprint density at radius 1 is 1.33 bits per heavy atom. The summed E-state index contributed by atoms with van der Waals surface area (Å²) in [7, 11) is -1.21. The van der Waals surface area contributed by atoms with Gasteiger partial charge >= 0.3 is 0 Å². The van der Waals surface area contributed by atoms with Crippen LogP contribution >= 0.6 is 0 Å². The maximum absolute atomic E-state index is 11.6. The van der Waals surface area contributed by atoms with E-state index in [4.69, 9.17) is 0 Å². The summed E-state index contributed by atoms with van der Waals surface area (Å²) in [5.41, 5.74) is 1.70. The fraction of sp³-hybridized carbons (Fsp3) is 0.533. The summed E-state index contributed by atoms with van der Waals surface area (Å²) < 4.78 is 25.3. The lowest BCUT2D eigenvalue weighted by molar-refractivity contribution is 0.508. The van der Waals surface area contributed by atoms with Crippen LogP contribution in [0.15, 0.2) is 23.1 Å². The summed E-state index contributed by atoms with van der Waals surface area (Å²) in [6.45, 7) is 0.726. The lowest BCUT2D eigenvalue weighted by Crippen LogP contribution is -2.26. The molecular weight excluding hydrogens is 286 g/mol. The molecule has 0 radical (unpaired) electrons. The summed E-state index contributed by atoms with van der Waals surface area (Å²) in [5, 5.41) is 3.54. The smallest absolute Gasteiger partial charge is 0.175 e. The molecule has 1 aliphatic rings. The average molecular weight is 307 g/mol. The molecule has 1 aliphatic carbocycles. The molecule has 0 amide bonds. The van der Waals surface area contributed by atoms with Crippen molar-refractivity contribution in [3.63, 3.8) is 0 Å². The van der Waals surface area contributed by atoms with E-state index >= 15 is 0 Å². The van der Waals surface area contributed by atoms with Crippen LogP contribution in [-0.2, 0) is 23.4 Å². The van der Waals surface area contributed by atoms with Crippen molar-refractivity contribution >= 4 is 20.9 Å². The number of hydrogen-bond donors (Lipinski definition) is 1. The fourth-order valence-electron chi connectivity index (χ4n) is 2.98. The van der Waals surface area contributed by atoms with E-state index in [0.29, 0.717) is 10.9 Å². The molecule has 1 aromatic heterocycles.